The van der Waals surface area contributed by atoms with Crippen molar-refractivity contribution in [3.05, 3.63) is 30.1 Å². The highest BCUT2D eigenvalue weighted by Crippen LogP contribution is 2.26. The molecule has 2 heterocycles. The molecule has 0 aromatic carbocycles. The Hall–Kier alpha value is -1.77. The van der Waals surface area contributed by atoms with Crippen LogP contribution in [0.2, 0.25) is 0 Å². The zero-order valence-electron chi connectivity index (χ0n) is 9.75. The van der Waals surface area contributed by atoms with E-state index in [2.05, 4.69) is 47.4 Å². The van der Waals surface area contributed by atoms with Crippen molar-refractivity contribution in [1.29, 1.82) is 0 Å². The van der Waals surface area contributed by atoms with Crippen LogP contribution in [0.25, 0.3) is 17.1 Å². The van der Waals surface area contributed by atoms with Crippen LogP contribution in [0.15, 0.2) is 24.5 Å². The van der Waals surface area contributed by atoms with Gasteiger partial charge in [0.1, 0.15) is 5.65 Å². The van der Waals surface area contributed by atoms with Gasteiger partial charge in [-0.1, -0.05) is 19.1 Å². The molecule has 2 N–H and O–H groups in total. The third-order valence-electron chi connectivity index (χ3n) is 2.50. The molecule has 0 aliphatic carbocycles. The van der Waals surface area contributed by atoms with Crippen LogP contribution >= 0.6 is 0 Å². The molecular weight excluding hydrogens is 198 g/mol. The lowest BCUT2D eigenvalue weighted by Crippen LogP contribution is -2.00. The predicted molar refractivity (Wildman–Crippen MR) is 69.6 cm³/mol. The number of H-pyrrole nitrogens is 1. The van der Waals surface area contributed by atoms with Crippen LogP contribution in [0.3, 0.4) is 0 Å². The molecule has 16 heavy (non-hydrogen) atoms. The van der Waals surface area contributed by atoms with E-state index in [4.69, 9.17) is 0 Å². The molecule has 0 unspecified atom stereocenters. The second-order valence-electron chi connectivity index (χ2n) is 3.67. The average molecular weight is 215 g/mol. The Labute approximate surface area is 95.6 Å². The van der Waals surface area contributed by atoms with E-state index in [0.717, 1.165) is 29.6 Å². The highest BCUT2D eigenvalue weighted by atomic mass is 14.9. The maximum absolute atomic E-state index is 4.39. The van der Waals surface area contributed by atoms with Gasteiger partial charge in [-0.2, -0.15) is 0 Å². The Balaban J connectivity index is 2.54. The molecule has 0 spiro atoms. The third kappa shape index (κ3) is 1.94. The van der Waals surface area contributed by atoms with Crippen LogP contribution < -0.4 is 5.32 Å². The third-order valence-corrected chi connectivity index (χ3v) is 2.50. The number of hydrogen-bond acceptors (Lipinski definition) is 2. The molecule has 3 heteroatoms. The highest BCUT2D eigenvalue weighted by Gasteiger charge is 2.06. The molecule has 0 bridgehead atoms. The molecule has 84 valence electrons. The minimum atomic E-state index is 0.914. The Morgan fingerprint density at radius 3 is 3.06 bits per heavy atom. The topological polar surface area (TPSA) is 40.7 Å². The van der Waals surface area contributed by atoms with Gasteiger partial charge in [0, 0.05) is 29.9 Å². The lowest BCUT2D eigenvalue weighted by molar-refractivity contribution is 1.20. The van der Waals surface area contributed by atoms with Gasteiger partial charge in [0.2, 0.25) is 0 Å². The summed E-state index contributed by atoms with van der Waals surface area (Å²) in [5, 5.41) is 4.56. The van der Waals surface area contributed by atoms with Crippen molar-refractivity contribution in [2.45, 2.75) is 20.3 Å². The summed E-state index contributed by atoms with van der Waals surface area (Å²) < 4.78 is 0. The van der Waals surface area contributed by atoms with Gasteiger partial charge in [0.25, 0.3) is 0 Å². The summed E-state index contributed by atoms with van der Waals surface area (Å²) in [6, 6.07) is 2.06. The van der Waals surface area contributed by atoms with E-state index in [1.165, 1.54) is 5.69 Å². The number of aromatic nitrogens is 2. The maximum atomic E-state index is 4.39. The van der Waals surface area contributed by atoms with E-state index in [1.54, 1.807) is 0 Å². The number of allylic oxidation sites excluding steroid dienone is 1. The van der Waals surface area contributed by atoms with Crippen molar-refractivity contribution in [2.24, 2.45) is 0 Å². The number of nitrogens with one attached hydrogen (secondary N) is 2. The van der Waals surface area contributed by atoms with Crippen LogP contribution in [0.1, 0.15) is 25.8 Å². The quantitative estimate of drug-likeness (QED) is 0.820. The lowest BCUT2D eigenvalue weighted by atomic mass is 10.1. The van der Waals surface area contributed by atoms with Gasteiger partial charge < -0.3 is 10.3 Å². The van der Waals surface area contributed by atoms with Gasteiger partial charge in [0.05, 0.1) is 5.69 Å². The number of fused-ring (bicyclic) bond motifs is 1. The molecule has 0 aliphatic heterocycles. The number of hydrogen-bond donors (Lipinski definition) is 2. The molecule has 0 atom stereocenters. The predicted octanol–water partition coefficient (Wildman–Crippen LogP) is 3.42. The van der Waals surface area contributed by atoms with E-state index in [1.807, 2.05) is 12.4 Å². The van der Waals surface area contributed by atoms with Gasteiger partial charge in [-0.25, -0.2) is 4.98 Å². The molecule has 0 fully saturated rings. The first-order chi connectivity index (χ1) is 7.86. The SMILES string of the molecule is CC/C=C/c1cnc2[nH]ccc2c1NCC. The first-order valence-electron chi connectivity index (χ1n) is 5.73. The molecule has 2 rings (SSSR count). The molecule has 2 aromatic rings. The molecule has 0 amide bonds. The van der Waals surface area contributed by atoms with Crippen LogP contribution in [0.5, 0.6) is 0 Å². The van der Waals surface area contributed by atoms with Crippen molar-refractivity contribution >= 4 is 22.8 Å². The molecule has 0 saturated carbocycles. The van der Waals surface area contributed by atoms with Gasteiger partial charge in [-0.15, -0.1) is 0 Å². The van der Waals surface area contributed by atoms with E-state index in [0.29, 0.717) is 0 Å². The smallest absolute Gasteiger partial charge is 0.139 e. The van der Waals surface area contributed by atoms with E-state index >= 15 is 0 Å². The standard InChI is InChI=1S/C13H17N3/c1-3-5-6-10-9-16-13-11(7-8-15-13)12(10)14-4-2/h5-9H,3-4H2,1-2H3,(H2,14,15,16)/b6-5+. The summed E-state index contributed by atoms with van der Waals surface area (Å²) >= 11 is 0. The van der Waals surface area contributed by atoms with E-state index in [-0.39, 0.29) is 0 Å². The zero-order valence-corrected chi connectivity index (χ0v) is 9.75. The fourth-order valence-electron chi connectivity index (χ4n) is 1.77. The van der Waals surface area contributed by atoms with Crippen molar-refractivity contribution in [3.63, 3.8) is 0 Å². The van der Waals surface area contributed by atoms with Crippen LogP contribution in [-0.2, 0) is 0 Å². The van der Waals surface area contributed by atoms with Gasteiger partial charge in [-0.05, 0) is 19.4 Å². The Bertz CT molecular complexity index is 497. The number of rotatable bonds is 4. The zero-order chi connectivity index (χ0) is 11.4. The summed E-state index contributed by atoms with van der Waals surface area (Å²) in [5.41, 5.74) is 3.25. The lowest BCUT2D eigenvalue weighted by Gasteiger charge is -2.08. The second kappa shape index (κ2) is 4.84. The average Bonchev–Trinajstić information content (AvgIpc) is 2.76. The maximum Gasteiger partial charge on any atom is 0.139 e. The van der Waals surface area contributed by atoms with Crippen LogP contribution in [0, 0.1) is 0 Å². The van der Waals surface area contributed by atoms with Gasteiger partial charge >= 0.3 is 0 Å². The van der Waals surface area contributed by atoms with E-state index < -0.39 is 0 Å². The van der Waals surface area contributed by atoms with Crippen LogP contribution in [0.4, 0.5) is 5.69 Å². The van der Waals surface area contributed by atoms with Gasteiger partial charge in [0.15, 0.2) is 0 Å². The van der Waals surface area contributed by atoms with Crippen molar-refractivity contribution in [3.8, 4) is 0 Å². The molecular formula is C13H17N3. The minimum Gasteiger partial charge on any atom is -0.384 e. The molecule has 2 aromatic heterocycles. The van der Waals surface area contributed by atoms with E-state index in [9.17, 15) is 0 Å². The summed E-state index contributed by atoms with van der Waals surface area (Å²) in [5.74, 6) is 0. The number of anilines is 1. The summed E-state index contributed by atoms with van der Waals surface area (Å²) in [6.45, 7) is 5.15. The minimum absolute atomic E-state index is 0.914. The summed E-state index contributed by atoms with van der Waals surface area (Å²) in [6.07, 6.45) is 9.14. The number of nitrogens with zero attached hydrogens (tertiary/aromatic N) is 1. The molecule has 0 aliphatic rings. The Kier molecular flexibility index (Phi) is 3.25. The van der Waals surface area contributed by atoms with Gasteiger partial charge in [-0.3, -0.25) is 0 Å². The monoisotopic (exact) mass is 215 g/mol. The Morgan fingerprint density at radius 2 is 2.31 bits per heavy atom. The number of pyridine rings is 1. The normalized spacial score (nSPS) is 11.4. The Morgan fingerprint density at radius 1 is 1.44 bits per heavy atom. The largest absolute Gasteiger partial charge is 0.384 e. The summed E-state index contributed by atoms with van der Waals surface area (Å²) in [7, 11) is 0. The fourth-order valence-corrected chi connectivity index (χ4v) is 1.77. The highest BCUT2D eigenvalue weighted by molar-refractivity contribution is 5.93. The fraction of sp³-hybridized carbons (Fsp3) is 0.308. The second-order valence-corrected chi connectivity index (χ2v) is 3.67. The molecule has 0 saturated heterocycles. The molecule has 0 radical (unpaired) electrons. The first kappa shape index (κ1) is 10.7. The number of aromatic amines is 1. The van der Waals surface area contributed by atoms with Crippen molar-refractivity contribution in [1.82, 2.24) is 9.97 Å². The first-order valence-corrected chi connectivity index (χ1v) is 5.73. The molecule has 3 nitrogen and oxygen atoms in total. The van der Waals surface area contributed by atoms with Crippen molar-refractivity contribution in [2.75, 3.05) is 11.9 Å². The summed E-state index contributed by atoms with van der Waals surface area (Å²) in [4.78, 5) is 7.52. The van der Waals surface area contributed by atoms with Crippen molar-refractivity contribution < 1.29 is 0 Å². The van der Waals surface area contributed by atoms with Crippen LogP contribution in [-0.4, -0.2) is 16.5 Å².